The van der Waals surface area contributed by atoms with E-state index in [4.69, 9.17) is 9.26 Å². The molecule has 0 spiro atoms. The van der Waals surface area contributed by atoms with Crippen LogP contribution in [-0.2, 0) is 0 Å². The minimum Gasteiger partial charge on any atom is -0.497 e. The SMILES string of the molecule is COc1ccc(-c2oncc2C)cc1. The van der Waals surface area contributed by atoms with Gasteiger partial charge < -0.3 is 9.26 Å². The molecule has 1 heterocycles. The second-order valence-corrected chi connectivity index (χ2v) is 3.07. The van der Waals surface area contributed by atoms with Gasteiger partial charge in [-0.1, -0.05) is 5.16 Å². The average molecular weight is 189 g/mol. The fraction of sp³-hybridized carbons (Fsp3) is 0.182. The van der Waals surface area contributed by atoms with Crippen LogP contribution < -0.4 is 4.74 Å². The van der Waals surface area contributed by atoms with Crippen LogP contribution >= 0.6 is 0 Å². The highest BCUT2D eigenvalue weighted by Crippen LogP contribution is 2.24. The van der Waals surface area contributed by atoms with E-state index < -0.39 is 0 Å². The lowest BCUT2D eigenvalue weighted by molar-refractivity contribution is 0.414. The molecular weight excluding hydrogens is 178 g/mol. The summed E-state index contributed by atoms with van der Waals surface area (Å²) in [7, 11) is 1.65. The van der Waals surface area contributed by atoms with E-state index in [1.807, 2.05) is 31.2 Å². The van der Waals surface area contributed by atoms with Crippen molar-refractivity contribution in [1.82, 2.24) is 5.16 Å². The number of rotatable bonds is 2. The molecule has 0 saturated carbocycles. The molecule has 0 unspecified atom stereocenters. The Hall–Kier alpha value is -1.77. The number of methoxy groups -OCH3 is 1. The molecule has 3 heteroatoms. The van der Waals surface area contributed by atoms with Crippen molar-refractivity contribution >= 4 is 0 Å². The summed E-state index contributed by atoms with van der Waals surface area (Å²) in [6.45, 7) is 1.97. The zero-order valence-corrected chi connectivity index (χ0v) is 8.15. The molecule has 0 aliphatic heterocycles. The highest BCUT2D eigenvalue weighted by Gasteiger charge is 2.06. The maximum absolute atomic E-state index is 5.13. The van der Waals surface area contributed by atoms with Gasteiger partial charge in [-0.3, -0.25) is 0 Å². The zero-order chi connectivity index (χ0) is 9.97. The first kappa shape index (κ1) is 8.81. The predicted octanol–water partition coefficient (Wildman–Crippen LogP) is 2.66. The normalized spacial score (nSPS) is 10.1. The highest BCUT2D eigenvalue weighted by molar-refractivity contribution is 5.61. The Labute approximate surface area is 82.3 Å². The van der Waals surface area contributed by atoms with E-state index in [0.29, 0.717) is 0 Å². The minimum atomic E-state index is 0.813. The summed E-state index contributed by atoms with van der Waals surface area (Å²) in [5, 5.41) is 3.73. The molecule has 0 bridgehead atoms. The van der Waals surface area contributed by atoms with Crippen LogP contribution in [0.2, 0.25) is 0 Å². The predicted molar refractivity (Wildman–Crippen MR) is 53.2 cm³/mol. The lowest BCUT2D eigenvalue weighted by Gasteiger charge is -2.00. The second-order valence-electron chi connectivity index (χ2n) is 3.07. The Balaban J connectivity index is 2.39. The fourth-order valence-electron chi connectivity index (χ4n) is 1.31. The summed E-state index contributed by atoms with van der Waals surface area (Å²) >= 11 is 0. The van der Waals surface area contributed by atoms with Gasteiger partial charge in [0.15, 0.2) is 5.76 Å². The number of aromatic nitrogens is 1. The van der Waals surface area contributed by atoms with Crippen LogP contribution in [0.25, 0.3) is 11.3 Å². The van der Waals surface area contributed by atoms with E-state index in [-0.39, 0.29) is 0 Å². The van der Waals surface area contributed by atoms with Gasteiger partial charge in [0.05, 0.1) is 13.3 Å². The quantitative estimate of drug-likeness (QED) is 0.728. The van der Waals surface area contributed by atoms with Crippen LogP contribution in [0.15, 0.2) is 35.0 Å². The molecule has 0 saturated heterocycles. The maximum atomic E-state index is 5.13. The maximum Gasteiger partial charge on any atom is 0.169 e. The monoisotopic (exact) mass is 189 g/mol. The van der Waals surface area contributed by atoms with Crippen molar-refractivity contribution in [3.8, 4) is 17.1 Å². The average Bonchev–Trinajstić information content (AvgIpc) is 2.65. The van der Waals surface area contributed by atoms with Crippen molar-refractivity contribution < 1.29 is 9.26 Å². The van der Waals surface area contributed by atoms with Gasteiger partial charge in [0.25, 0.3) is 0 Å². The third-order valence-corrected chi connectivity index (χ3v) is 2.10. The number of aryl methyl sites for hydroxylation is 1. The summed E-state index contributed by atoms with van der Waals surface area (Å²) in [6.07, 6.45) is 1.71. The summed E-state index contributed by atoms with van der Waals surface area (Å²) in [5.41, 5.74) is 2.05. The molecule has 72 valence electrons. The lowest BCUT2D eigenvalue weighted by Crippen LogP contribution is -1.82. The minimum absolute atomic E-state index is 0.813. The fourth-order valence-corrected chi connectivity index (χ4v) is 1.31. The van der Waals surface area contributed by atoms with Gasteiger partial charge in [-0.05, 0) is 31.2 Å². The highest BCUT2D eigenvalue weighted by atomic mass is 16.5. The molecule has 0 amide bonds. The van der Waals surface area contributed by atoms with Crippen LogP contribution in [0.1, 0.15) is 5.56 Å². The van der Waals surface area contributed by atoms with Gasteiger partial charge in [-0.2, -0.15) is 0 Å². The Morgan fingerprint density at radius 3 is 2.43 bits per heavy atom. The van der Waals surface area contributed by atoms with Gasteiger partial charge >= 0.3 is 0 Å². The van der Waals surface area contributed by atoms with Crippen molar-refractivity contribution in [2.75, 3.05) is 7.11 Å². The standard InChI is InChI=1S/C11H11NO2/c1-8-7-12-14-11(8)9-3-5-10(13-2)6-4-9/h3-7H,1-2H3. The third kappa shape index (κ3) is 1.48. The van der Waals surface area contributed by atoms with Crippen molar-refractivity contribution in [3.05, 3.63) is 36.0 Å². The number of hydrogen-bond donors (Lipinski definition) is 0. The topological polar surface area (TPSA) is 35.3 Å². The number of ether oxygens (including phenoxy) is 1. The second kappa shape index (κ2) is 3.54. The van der Waals surface area contributed by atoms with Crippen LogP contribution in [0.4, 0.5) is 0 Å². The van der Waals surface area contributed by atoms with Gasteiger partial charge in [0, 0.05) is 11.1 Å². The molecule has 1 aromatic carbocycles. The zero-order valence-electron chi connectivity index (χ0n) is 8.15. The van der Waals surface area contributed by atoms with E-state index in [2.05, 4.69) is 5.16 Å². The Morgan fingerprint density at radius 2 is 1.93 bits per heavy atom. The van der Waals surface area contributed by atoms with Crippen LogP contribution in [0, 0.1) is 6.92 Å². The molecule has 2 aromatic rings. The molecular formula is C11H11NO2. The molecule has 0 aliphatic carbocycles. The molecule has 1 aromatic heterocycles. The summed E-state index contributed by atoms with van der Waals surface area (Å²) in [6, 6.07) is 7.70. The number of benzene rings is 1. The molecule has 0 atom stereocenters. The van der Waals surface area contributed by atoms with Crippen molar-refractivity contribution in [1.29, 1.82) is 0 Å². The van der Waals surface area contributed by atoms with Crippen LogP contribution in [-0.4, -0.2) is 12.3 Å². The summed E-state index contributed by atoms with van der Waals surface area (Å²) in [5.74, 6) is 1.65. The number of hydrogen-bond acceptors (Lipinski definition) is 3. The molecule has 0 radical (unpaired) electrons. The first-order valence-corrected chi connectivity index (χ1v) is 4.37. The van der Waals surface area contributed by atoms with Crippen LogP contribution in [0.3, 0.4) is 0 Å². The van der Waals surface area contributed by atoms with E-state index in [1.165, 1.54) is 0 Å². The van der Waals surface area contributed by atoms with Gasteiger partial charge in [0.1, 0.15) is 5.75 Å². The summed E-state index contributed by atoms with van der Waals surface area (Å²) in [4.78, 5) is 0. The molecule has 14 heavy (non-hydrogen) atoms. The smallest absolute Gasteiger partial charge is 0.169 e. The lowest BCUT2D eigenvalue weighted by atomic mass is 10.1. The largest absolute Gasteiger partial charge is 0.497 e. The van der Waals surface area contributed by atoms with Gasteiger partial charge in [-0.25, -0.2) is 0 Å². The molecule has 2 rings (SSSR count). The Morgan fingerprint density at radius 1 is 1.21 bits per heavy atom. The molecule has 0 aliphatic rings. The van der Waals surface area contributed by atoms with E-state index in [9.17, 15) is 0 Å². The molecule has 0 N–H and O–H groups in total. The third-order valence-electron chi connectivity index (χ3n) is 2.10. The van der Waals surface area contributed by atoms with Gasteiger partial charge in [-0.15, -0.1) is 0 Å². The van der Waals surface area contributed by atoms with E-state index in [1.54, 1.807) is 13.3 Å². The van der Waals surface area contributed by atoms with Crippen LogP contribution in [0.5, 0.6) is 5.75 Å². The first-order valence-electron chi connectivity index (χ1n) is 4.37. The molecule has 3 nitrogen and oxygen atoms in total. The van der Waals surface area contributed by atoms with Crippen molar-refractivity contribution in [2.24, 2.45) is 0 Å². The first-order chi connectivity index (χ1) is 6.81. The van der Waals surface area contributed by atoms with E-state index >= 15 is 0 Å². The summed E-state index contributed by atoms with van der Waals surface area (Å²) < 4.78 is 10.2. The van der Waals surface area contributed by atoms with E-state index in [0.717, 1.165) is 22.6 Å². The van der Waals surface area contributed by atoms with Crippen molar-refractivity contribution in [3.63, 3.8) is 0 Å². The molecule has 0 fully saturated rings. The Kier molecular flexibility index (Phi) is 2.23. The van der Waals surface area contributed by atoms with Gasteiger partial charge in [0.2, 0.25) is 0 Å². The van der Waals surface area contributed by atoms with Crippen molar-refractivity contribution in [2.45, 2.75) is 6.92 Å². The number of nitrogens with zero attached hydrogens (tertiary/aromatic N) is 1. The Bertz CT molecular complexity index is 417.